The third-order valence-corrected chi connectivity index (χ3v) is 16.8. The summed E-state index contributed by atoms with van der Waals surface area (Å²) in [5, 5.41) is 17.6. The second kappa shape index (κ2) is 25.2. The van der Waals surface area contributed by atoms with Gasteiger partial charge < -0.3 is 17.2 Å². The number of fused-ring (bicyclic) bond motifs is 6. The molecule has 0 saturated carbocycles. The lowest BCUT2D eigenvalue weighted by atomic mass is 9.99. The molecule has 0 amide bonds. The smallest absolute Gasteiger partial charge is 0.165 e. The highest BCUT2D eigenvalue weighted by Gasteiger charge is 2.28. The van der Waals surface area contributed by atoms with Crippen molar-refractivity contribution >= 4 is 118 Å². The first-order valence-corrected chi connectivity index (χ1v) is 30.4. The van der Waals surface area contributed by atoms with E-state index in [1.165, 1.54) is 73.6 Å². The van der Waals surface area contributed by atoms with E-state index >= 15 is 0 Å². The zero-order valence-electron chi connectivity index (χ0n) is 50.4. The summed E-state index contributed by atoms with van der Waals surface area (Å²) in [6.45, 7) is 6.29. The van der Waals surface area contributed by atoms with Crippen LogP contribution in [-0.2, 0) is 0 Å². The molecule has 22 nitrogen and oxygen atoms in total. The molecule has 3 atom stereocenters. The van der Waals surface area contributed by atoms with Crippen molar-refractivity contribution in [3.63, 3.8) is 0 Å². The third-order valence-electron chi connectivity index (χ3n) is 16.1. The summed E-state index contributed by atoms with van der Waals surface area (Å²) in [5.41, 5.74) is 28.4. The van der Waals surface area contributed by atoms with E-state index in [4.69, 9.17) is 37.3 Å². The van der Waals surface area contributed by atoms with Crippen LogP contribution in [0, 0.1) is 38.6 Å². The number of halogens is 7. The van der Waals surface area contributed by atoms with Gasteiger partial charge in [-0.25, -0.2) is 85.2 Å². The maximum absolute atomic E-state index is 14.1. The number of pyridine rings is 6. The van der Waals surface area contributed by atoms with Gasteiger partial charge in [-0.3, -0.25) is 19.9 Å². The predicted octanol–water partition coefficient (Wildman–Crippen LogP) is 12.8. The number of anilines is 3. The molecular weight excluding hydrogens is 1350 g/mol. The van der Waals surface area contributed by atoms with Gasteiger partial charge in [0.15, 0.2) is 16.9 Å². The van der Waals surface area contributed by atoms with Crippen molar-refractivity contribution in [3.8, 4) is 33.4 Å². The molecule has 3 unspecified atom stereocenters. The number of allylic oxidation sites excluding steroid dienone is 1. The van der Waals surface area contributed by atoms with Crippen molar-refractivity contribution in [1.29, 1.82) is 0 Å². The van der Waals surface area contributed by atoms with Crippen molar-refractivity contribution in [2.45, 2.75) is 38.9 Å². The zero-order valence-corrected chi connectivity index (χ0v) is 52.6. The number of nitrogens with zero attached hydrogens (tertiary/aromatic N) is 19. The highest BCUT2D eigenvalue weighted by atomic mass is 127. The van der Waals surface area contributed by atoms with Gasteiger partial charge in [0.25, 0.3) is 0 Å². The highest BCUT2D eigenvalue weighted by Crippen LogP contribution is 2.39. The average molecular weight is 1400 g/mol. The van der Waals surface area contributed by atoms with Crippen LogP contribution in [0.2, 0.25) is 0 Å². The normalized spacial score (nSPS) is 13.1. The van der Waals surface area contributed by atoms with Gasteiger partial charge in [-0.15, -0.1) is 0 Å². The number of nitrogen functional groups attached to an aromatic ring is 3. The molecule has 29 heteroatoms. The van der Waals surface area contributed by atoms with Gasteiger partial charge in [0.2, 0.25) is 0 Å². The number of benzene rings is 3. The Morgan fingerprint density at radius 3 is 1.30 bits per heavy atom. The SMILES string of the molecule is CC(c1nc2ccc(F)cc2cc1-c1cncc(F)c1)n1nc(C2=CCN=C2)c2c(N)ncnc21.CC(c1nc2ccc(F)cc2cc1-c1cncc(F)c1)n1nc(I)c2c(N)ncnc21.CC(c1nc2ccc(F)cc2cc1-c1cncc(F)c1)n1ncc2c(N)ncnc21. The van der Waals surface area contributed by atoms with Crippen LogP contribution in [0.15, 0.2) is 164 Å². The molecule has 1 aliphatic heterocycles. The molecule has 0 saturated heterocycles. The fraction of sp³-hybridized carbons (Fsp3) is 0.104. The molecule has 0 aliphatic carbocycles. The summed E-state index contributed by atoms with van der Waals surface area (Å²) in [4.78, 5) is 55.8. The molecule has 6 N–H and O–H groups in total. The minimum atomic E-state index is -0.486. The van der Waals surface area contributed by atoms with Crippen LogP contribution in [0.1, 0.15) is 61.7 Å². The maximum atomic E-state index is 14.1. The van der Waals surface area contributed by atoms with Gasteiger partial charge in [0, 0.05) is 79.9 Å². The van der Waals surface area contributed by atoms with Crippen molar-refractivity contribution in [3.05, 3.63) is 221 Å². The molecule has 12 aromatic heterocycles. The standard InChI is InChI=1S/C25H18F2N8.C21H14F2IN7.C21H15F2N7/c1-13(35-25-21(24(28)31-12-32-25)23(34-35)14-4-5-29-9-14)22-19(16-7-18(27)11-30-10-16)8-15-6-17(26)2-3-20(15)33-22;1-10(31-21-17(19(24)30-31)20(25)27-9-28-21)18-15(12-5-14(23)8-26-7-12)6-11-4-13(22)2-3-16(11)29-18;1-11(30-21-17(9-28-30)20(24)26-10-27-21)19-16(13-5-15(23)8-25-7-13)6-12-4-14(22)2-3-18(12)29-19/h2-4,6-13H,5H2,1H3,(H2,28,31,32);2-10H,1H3,(H2,25,27,28);2-11H,1H3,(H2,24,26,27). The molecule has 1 aliphatic rings. The molecular formula is C67H47F6IN22. The number of rotatable bonds is 10. The molecule has 13 heterocycles. The molecule has 0 bridgehead atoms. The van der Waals surface area contributed by atoms with Gasteiger partial charge >= 0.3 is 0 Å². The fourth-order valence-corrected chi connectivity index (χ4v) is 12.3. The van der Waals surface area contributed by atoms with Crippen LogP contribution < -0.4 is 17.2 Å². The van der Waals surface area contributed by atoms with E-state index in [1.807, 2.05) is 26.8 Å². The number of aliphatic imine (C=N–C) groups is 1. The third kappa shape index (κ3) is 11.7. The largest absolute Gasteiger partial charge is 0.383 e. The van der Waals surface area contributed by atoms with Crippen LogP contribution in [0.3, 0.4) is 0 Å². The maximum Gasteiger partial charge on any atom is 0.165 e. The average Bonchev–Trinajstić information content (AvgIpc) is 1.30. The summed E-state index contributed by atoms with van der Waals surface area (Å²) >= 11 is 2.09. The minimum Gasteiger partial charge on any atom is -0.383 e. The van der Waals surface area contributed by atoms with Crippen molar-refractivity contribution in [2.24, 2.45) is 4.99 Å². The van der Waals surface area contributed by atoms with E-state index < -0.39 is 29.5 Å². The lowest BCUT2D eigenvalue weighted by Crippen LogP contribution is -2.13. The Morgan fingerprint density at radius 2 is 0.854 bits per heavy atom. The molecule has 15 aromatic rings. The summed E-state index contributed by atoms with van der Waals surface area (Å²) < 4.78 is 89.3. The molecule has 0 radical (unpaired) electrons. The number of nitrogens with two attached hydrogens (primary N) is 3. The van der Waals surface area contributed by atoms with Crippen LogP contribution in [0.25, 0.3) is 105 Å². The second-order valence-electron chi connectivity index (χ2n) is 22.2. The Balaban J connectivity index is 0.000000124. The molecule has 3 aromatic carbocycles. The van der Waals surface area contributed by atoms with Gasteiger partial charge in [-0.1, -0.05) is 6.08 Å². The molecule has 96 heavy (non-hydrogen) atoms. The van der Waals surface area contributed by atoms with E-state index in [2.05, 4.69) is 82.6 Å². The van der Waals surface area contributed by atoms with Crippen LogP contribution in [0.4, 0.5) is 43.8 Å². The van der Waals surface area contributed by atoms with Gasteiger partial charge in [0.05, 0.1) is 99.2 Å². The van der Waals surface area contributed by atoms with E-state index in [9.17, 15) is 26.3 Å². The topological polar surface area (TPSA) is 299 Å². The first-order valence-electron chi connectivity index (χ1n) is 29.3. The van der Waals surface area contributed by atoms with Crippen molar-refractivity contribution in [2.75, 3.05) is 23.7 Å². The molecule has 0 fully saturated rings. The van der Waals surface area contributed by atoms with Crippen molar-refractivity contribution < 1.29 is 26.3 Å². The summed E-state index contributed by atoms with van der Waals surface area (Å²) in [7, 11) is 0. The van der Waals surface area contributed by atoms with E-state index in [0.29, 0.717) is 150 Å². The fourth-order valence-electron chi connectivity index (χ4n) is 11.5. The molecule has 474 valence electrons. The van der Waals surface area contributed by atoms with Crippen LogP contribution >= 0.6 is 22.6 Å². The summed E-state index contributed by atoms with van der Waals surface area (Å²) in [6, 6.07) is 21.3. The zero-order chi connectivity index (χ0) is 66.6. The molecule has 0 spiro atoms. The number of hydrogen-bond acceptors (Lipinski definition) is 19. The lowest BCUT2D eigenvalue weighted by molar-refractivity contribution is 0.564. The minimum absolute atomic E-state index is 0.307. The van der Waals surface area contributed by atoms with Gasteiger partial charge in [0.1, 0.15) is 80.7 Å². The first kappa shape index (κ1) is 61.6. The number of hydrogen-bond donors (Lipinski definition) is 3. The summed E-state index contributed by atoms with van der Waals surface area (Å²) in [5.74, 6) is -1.60. The van der Waals surface area contributed by atoms with E-state index in [1.54, 1.807) is 81.4 Å². The Labute approximate surface area is 552 Å². The first-order chi connectivity index (χ1) is 46.4. The quantitative estimate of drug-likeness (QED) is 0.0846. The second-order valence-corrected chi connectivity index (χ2v) is 23.2. The Kier molecular flexibility index (Phi) is 16.2. The van der Waals surface area contributed by atoms with E-state index in [-0.39, 0.29) is 23.5 Å². The van der Waals surface area contributed by atoms with Crippen LogP contribution in [0.5, 0.6) is 0 Å². The van der Waals surface area contributed by atoms with Crippen LogP contribution in [-0.4, -0.2) is 102 Å². The Bertz CT molecular complexity index is 5660. The summed E-state index contributed by atoms with van der Waals surface area (Å²) in [6.07, 6.45) is 17.5. The number of aromatic nitrogens is 18. The monoisotopic (exact) mass is 1400 g/mol. The van der Waals surface area contributed by atoms with Gasteiger partial charge in [-0.2, -0.15) is 15.3 Å². The molecule has 16 rings (SSSR count). The highest BCUT2D eigenvalue weighted by molar-refractivity contribution is 14.1. The Morgan fingerprint density at radius 1 is 0.438 bits per heavy atom. The Hall–Kier alpha value is -11.9. The lowest BCUT2D eigenvalue weighted by Gasteiger charge is -2.18. The van der Waals surface area contributed by atoms with E-state index in [0.717, 1.165) is 24.2 Å². The predicted molar refractivity (Wildman–Crippen MR) is 359 cm³/mol. The van der Waals surface area contributed by atoms with Crippen molar-refractivity contribution in [1.82, 2.24) is 89.1 Å². The van der Waals surface area contributed by atoms with Gasteiger partial charge in [-0.05, 0) is 134 Å².